The quantitative estimate of drug-likeness (QED) is 0.510. The molecular formula is C25H40O3. The van der Waals surface area contributed by atoms with Crippen LogP contribution in [0.15, 0.2) is 11.6 Å². The number of ether oxygens (including phenoxy) is 1. The number of rotatable bonds is 4. The zero-order valence-electron chi connectivity index (χ0n) is 18.4. The number of esters is 1. The van der Waals surface area contributed by atoms with Gasteiger partial charge in [0.1, 0.15) is 0 Å². The Labute approximate surface area is 171 Å². The van der Waals surface area contributed by atoms with Crippen molar-refractivity contribution < 1.29 is 14.6 Å². The SMILES string of the molecule is COC(=O)CC[C@@H](C)[C@H]1CCC2[C@@H]3CC=C4C[C@H](O)CC[C@]4(C)C3CC[C@@]21C. The molecule has 28 heavy (non-hydrogen) atoms. The Balaban J connectivity index is 1.51. The van der Waals surface area contributed by atoms with Crippen LogP contribution in [-0.2, 0) is 9.53 Å². The maximum atomic E-state index is 11.6. The average molecular weight is 389 g/mol. The minimum absolute atomic E-state index is 0.0624. The molecule has 0 heterocycles. The first-order valence-corrected chi connectivity index (χ1v) is 11.7. The number of carbonyl (C=O) groups excluding carboxylic acids is 1. The van der Waals surface area contributed by atoms with Crippen LogP contribution in [0.5, 0.6) is 0 Å². The van der Waals surface area contributed by atoms with Gasteiger partial charge in [-0.2, -0.15) is 0 Å². The van der Waals surface area contributed by atoms with Crippen LogP contribution >= 0.6 is 0 Å². The minimum atomic E-state index is -0.115. The van der Waals surface area contributed by atoms with Gasteiger partial charge in [-0.25, -0.2) is 0 Å². The smallest absolute Gasteiger partial charge is 0.305 e. The second-order valence-corrected chi connectivity index (χ2v) is 11.0. The number of fused-ring (bicyclic) bond motifs is 5. The number of allylic oxidation sites excluding steroid dienone is 1. The van der Waals surface area contributed by atoms with E-state index in [2.05, 4.69) is 26.8 Å². The molecule has 0 radical (unpaired) electrons. The van der Waals surface area contributed by atoms with Crippen molar-refractivity contribution in [1.82, 2.24) is 0 Å². The van der Waals surface area contributed by atoms with Gasteiger partial charge in [-0.15, -0.1) is 0 Å². The van der Waals surface area contributed by atoms with Gasteiger partial charge in [0.2, 0.25) is 0 Å². The number of methoxy groups -OCH3 is 1. The molecule has 158 valence electrons. The molecular weight excluding hydrogens is 348 g/mol. The third-order valence-electron chi connectivity index (χ3n) is 9.87. The van der Waals surface area contributed by atoms with E-state index in [-0.39, 0.29) is 12.1 Å². The van der Waals surface area contributed by atoms with Gasteiger partial charge in [0, 0.05) is 6.42 Å². The molecule has 0 aliphatic heterocycles. The zero-order valence-corrected chi connectivity index (χ0v) is 18.4. The van der Waals surface area contributed by atoms with E-state index >= 15 is 0 Å². The van der Waals surface area contributed by atoms with E-state index in [4.69, 9.17) is 4.74 Å². The molecule has 3 fully saturated rings. The third-order valence-corrected chi connectivity index (χ3v) is 9.87. The van der Waals surface area contributed by atoms with Crippen molar-refractivity contribution in [3.8, 4) is 0 Å². The van der Waals surface area contributed by atoms with Crippen molar-refractivity contribution in [2.45, 2.75) is 91.1 Å². The summed E-state index contributed by atoms with van der Waals surface area (Å²) in [7, 11) is 1.50. The highest BCUT2D eigenvalue weighted by molar-refractivity contribution is 5.69. The molecule has 0 aromatic carbocycles. The topological polar surface area (TPSA) is 46.5 Å². The summed E-state index contributed by atoms with van der Waals surface area (Å²) in [4.78, 5) is 11.6. The molecule has 0 amide bonds. The van der Waals surface area contributed by atoms with Crippen LogP contribution < -0.4 is 0 Å². The lowest BCUT2D eigenvalue weighted by Crippen LogP contribution is -2.50. The molecule has 3 nitrogen and oxygen atoms in total. The highest BCUT2D eigenvalue weighted by Gasteiger charge is 2.59. The normalized spacial score (nSPS) is 46.0. The Morgan fingerprint density at radius 2 is 2.00 bits per heavy atom. The van der Waals surface area contributed by atoms with Crippen LogP contribution in [-0.4, -0.2) is 24.3 Å². The summed E-state index contributed by atoms with van der Waals surface area (Å²) in [5.41, 5.74) is 2.34. The van der Waals surface area contributed by atoms with E-state index in [1.807, 2.05) is 0 Å². The Morgan fingerprint density at radius 1 is 1.21 bits per heavy atom. The molecule has 4 aliphatic carbocycles. The summed E-state index contributed by atoms with van der Waals surface area (Å²) in [5, 5.41) is 10.2. The van der Waals surface area contributed by atoms with Gasteiger partial charge in [-0.1, -0.05) is 32.4 Å². The predicted molar refractivity (Wildman–Crippen MR) is 112 cm³/mol. The average Bonchev–Trinajstić information content (AvgIpc) is 3.03. The maximum Gasteiger partial charge on any atom is 0.305 e. The molecule has 1 N–H and O–H groups in total. The molecule has 3 heteroatoms. The second-order valence-electron chi connectivity index (χ2n) is 11.0. The Morgan fingerprint density at radius 3 is 2.75 bits per heavy atom. The van der Waals surface area contributed by atoms with Crippen LogP contribution in [0, 0.1) is 40.4 Å². The van der Waals surface area contributed by atoms with Crippen LogP contribution in [0.2, 0.25) is 0 Å². The highest BCUT2D eigenvalue weighted by Crippen LogP contribution is 2.67. The van der Waals surface area contributed by atoms with Crippen molar-refractivity contribution in [1.29, 1.82) is 0 Å². The summed E-state index contributed by atoms with van der Waals surface area (Å²) < 4.78 is 4.87. The Bertz CT molecular complexity index is 640. The summed E-state index contributed by atoms with van der Waals surface area (Å²) >= 11 is 0. The molecule has 0 saturated heterocycles. The van der Waals surface area contributed by atoms with Crippen molar-refractivity contribution in [2.75, 3.05) is 7.11 Å². The van der Waals surface area contributed by atoms with E-state index in [9.17, 15) is 9.90 Å². The Hall–Kier alpha value is -0.830. The first kappa shape index (κ1) is 20.4. The second kappa shape index (κ2) is 7.45. The molecule has 8 atom stereocenters. The highest BCUT2D eigenvalue weighted by atomic mass is 16.5. The molecule has 3 saturated carbocycles. The predicted octanol–water partition coefficient (Wildman–Crippen LogP) is 5.52. The maximum absolute atomic E-state index is 11.6. The number of aliphatic hydroxyl groups is 1. The number of aliphatic hydroxyl groups excluding tert-OH is 1. The van der Waals surface area contributed by atoms with E-state index in [1.165, 1.54) is 45.6 Å². The van der Waals surface area contributed by atoms with Crippen molar-refractivity contribution in [3.05, 3.63) is 11.6 Å². The van der Waals surface area contributed by atoms with Crippen LogP contribution in [0.1, 0.15) is 85.0 Å². The number of hydrogen-bond donors (Lipinski definition) is 1. The van der Waals surface area contributed by atoms with Gasteiger partial charge in [0.05, 0.1) is 13.2 Å². The first-order valence-electron chi connectivity index (χ1n) is 11.7. The van der Waals surface area contributed by atoms with E-state index in [0.29, 0.717) is 23.2 Å². The van der Waals surface area contributed by atoms with Gasteiger partial charge >= 0.3 is 5.97 Å². The van der Waals surface area contributed by atoms with Gasteiger partial charge in [-0.05, 0) is 98.2 Å². The minimum Gasteiger partial charge on any atom is -0.469 e. The van der Waals surface area contributed by atoms with Gasteiger partial charge in [0.25, 0.3) is 0 Å². The first-order chi connectivity index (χ1) is 13.3. The van der Waals surface area contributed by atoms with Gasteiger partial charge in [0.15, 0.2) is 0 Å². The van der Waals surface area contributed by atoms with E-state index < -0.39 is 0 Å². The van der Waals surface area contributed by atoms with E-state index in [0.717, 1.165) is 42.9 Å². The number of hydrogen-bond acceptors (Lipinski definition) is 3. The molecule has 4 rings (SSSR count). The van der Waals surface area contributed by atoms with Crippen LogP contribution in [0.3, 0.4) is 0 Å². The largest absolute Gasteiger partial charge is 0.469 e. The lowest BCUT2D eigenvalue weighted by molar-refractivity contribution is -0.141. The van der Waals surface area contributed by atoms with Crippen molar-refractivity contribution in [3.63, 3.8) is 0 Å². The third kappa shape index (κ3) is 3.16. The fourth-order valence-electron chi connectivity index (χ4n) is 8.27. The molecule has 0 aromatic heterocycles. The summed E-state index contributed by atoms with van der Waals surface area (Å²) in [5.74, 6) is 3.74. The zero-order chi connectivity index (χ0) is 20.1. The molecule has 0 aromatic rings. The van der Waals surface area contributed by atoms with Crippen molar-refractivity contribution in [2.24, 2.45) is 40.4 Å². The number of carbonyl (C=O) groups is 1. The fourth-order valence-corrected chi connectivity index (χ4v) is 8.27. The van der Waals surface area contributed by atoms with Gasteiger partial charge < -0.3 is 9.84 Å². The standard InChI is InChI=1S/C25H40O3/c1-16(5-10-23(27)28-4)20-8-9-21-19-7-6-17-15-18(26)11-13-24(17,2)22(19)12-14-25(20,21)3/h6,16,18-22,26H,5,7-15H2,1-4H3/t16-,18-,19+,20-,21?,22?,24+,25-/m1/s1. The monoisotopic (exact) mass is 388 g/mol. The van der Waals surface area contributed by atoms with Crippen molar-refractivity contribution >= 4 is 5.97 Å². The van der Waals surface area contributed by atoms with Crippen LogP contribution in [0.25, 0.3) is 0 Å². The summed E-state index contributed by atoms with van der Waals surface area (Å²) in [6, 6.07) is 0. The summed E-state index contributed by atoms with van der Waals surface area (Å²) in [6.07, 6.45) is 13.6. The molecule has 0 bridgehead atoms. The molecule has 0 spiro atoms. The van der Waals surface area contributed by atoms with Gasteiger partial charge in [-0.3, -0.25) is 4.79 Å². The lowest BCUT2D eigenvalue weighted by Gasteiger charge is -2.58. The fraction of sp³-hybridized carbons (Fsp3) is 0.880. The molecule has 4 aliphatic rings. The Kier molecular flexibility index (Phi) is 5.44. The van der Waals surface area contributed by atoms with Crippen LogP contribution in [0.4, 0.5) is 0 Å². The lowest BCUT2D eigenvalue weighted by atomic mass is 9.47. The summed E-state index contributed by atoms with van der Waals surface area (Å²) in [6.45, 7) is 7.46. The van der Waals surface area contributed by atoms with E-state index in [1.54, 1.807) is 5.57 Å². The molecule has 2 unspecified atom stereocenters.